The molecule has 2 amide bonds. The van der Waals surface area contributed by atoms with Gasteiger partial charge in [-0.1, -0.05) is 0 Å². The number of nitrogens with zero attached hydrogens (tertiary/aromatic N) is 1. The molecule has 0 unspecified atom stereocenters. The van der Waals surface area contributed by atoms with E-state index < -0.39 is 39.0 Å². The average molecular weight is 391 g/mol. The predicted octanol–water partition coefficient (Wildman–Crippen LogP) is 3.14. The fourth-order valence-electron chi connectivity index (χ4n) is 2.46. The Hall–Kier alpha value is -1.77. The molecule has 1 N–H and O–H groups in total. The van der Waals surface area contributed by atoms with E-state index in [-0.39, 0.29) is 0 Å². The second kappa shape index (κ2) is 7.46. The highest BCUT2D eigenvalue weighted by atomic mass is 32.2. The quantitative estimate of drug-likeness (QED) is 0.794. The van der Waals surface area contributed by atoms with Gasteiger partial charge in [-0.05, 0) is 67.4 Å². The lowest BCUT2D eigenvalue weighted by atomic mass is 10.00. The van der Waals surface area contributed by atoms with Crippen LogP contribution < -0.4 is 4.72 Å². The van der Waals surface area contributed by atoms with Crippen LogP contribution in [0.5, 0.6) is 0 Å². The van der Waals surface area contributed by atoms with Crippen LogP contribution in [-0.4, -0.2) is 48.8 Å². The topological polar surface area (TPSA) is 102 Å². The van der Waals surface area contributed by atoms with Gasteiger partial charge in [-0.3, -0.25) is 4.90 Å². The Balaban J connectivity index is 2.86. The SMILES string of the molecule is CC(C)(C)OC(=O)NS(=O)(=O)/C=C/[C@]1(C)CCCN1C(=O)OC(C)(C)C. The lowest BCUT2D eigenvalue weighted by Crippen LogP contribution is -2.46. The largest absolute Gasteiger partial charge is 0.444 e. The minimum absolute atomic E-state index is 0.468. The van der Waals surface area contributed by atoms with Gasteiger partial charge >= 0.3 is 12.2 Å². The van der Waals surface area contributed by atoms with Crippen LogP contribution in [0, 0.1) is 0 Å². The van der Waals surface area contributed by atoms with Crippen molar-refractivity contribution in [2.45, 2.75) is 78.0 Å². The maximum absolute atomic E-state index is 12.4. The van der Waals surface area contributed by atoms with Crippen molar-refractivity contribution < 1.29 is 27.5 Å². The van der Waals surface area contributed by atoms with Gasteiger partial charge in [0, 0.05) is 12.0 Å². The normalized spacial score (nSPS) is 21.7. The van der Waals surface area contributed by atoms with Crippen LogP contribution in [-0.2, 0) is 19.5 Å². The molecule has 1 aliphatic rings. The Morgan fingerprint density at radius 3 is 2.12 bits per heavy atom. The summed E-state index contributed by atoms with van der Waals surface area (Å²) < 4.78 is 36.3. The number of ether oxygens (including phenoxy) is 2. The summed E-state index contributed by atoms with van der Waals surface area (Å²) in [5.74, 6) is 0. The van der Waals surface area contributed by atoms with Gasteiger partial charge in [0.2, 0.25) is 0 Å². The van der Waals surface area contributed by atoms with E-state index in [1.807, 2.05) is 4.72 Å². The molecule has 1 heterocycles. The van der Waals surface area contributed by atoms with E-state index in [0.717, 1.165) is 11.8 Å². The van der Waals surface area contributed by atoms with Crippen molar-refractivity contribution in [2.24, 2.45) is 0 Å². The van der Waals surface area contributed by atoms with Crippen LogP contribution >= 0.6 is 0 Å². The van der Waals surface area contributed by atoms with Crippen molar-refractivity contribution in [3.8, 4) is 0 Å². The first-order valence-corrected chi connectivity index (χ1v) is 10.0. The molecule has 0 aromatic rings. The fraction of sp³-hybridized carbons (Fsp3) is 0.765. The van der Waals surface area contributed by atoms with E-state index >= 15 is 0 Å². The second-order valence-corrected chi connectivity index (χ2v) is 10.1. The first-order valence-electron chi connectivity index (χ1n) is 8.49. The Morgan fingerprint density at radius 1 is 1.08 bits per heavy atom. The molecule has 26 heavy (non-hydrogen) atoms. The zero-order valence-electron chi connectivity index (χ0n) is 16.6. The molecule has 0 aliphatic carbocycles. The van der Waals surface area contributed by atoms with Gasteiger partial charge in [0.05, 0.1) is 5.54 Å². The monoisotopic (exact) mass is 390 g/mol. The highest BCUT2D eigenvalue weighted by Gasteiger charge is 2.40. The molecule has 1 aliphatic heterocycles. The number of nitrogens with one attached hydrogen (secondary N) is 1. The standard InChI is InChI=1S/C17H30N2O6S/c1-15(2,3)24-13(20)18-26(22,23)12-10-17(7)9-8-11-19(17)14(21)25-16(4,5)6/h10,12H,8-9,11H2,1-7H3,(H,18,20)/b12-10+/t17-/m0/s1. The molecular weight excluding hydrogens is 360 g/mol. The first kappa shape index (κ1) is 22.3. The summed E-state index contributed by atoms with van der Waals surface area (Å²) in [6.07, 6.45) is 1.16. The maximum Gasteiger partial charge on any atom is 0.421 e. The fourth-order valence-corrected chi connectivity index (χ4v) is 3.28. The van der Waals surface area contributed by atoms with Crippen LogP contribution in [0.4, 0.5) is 9.59 Å². The Morgan fingerprint density at radius 2 is 1.62 bits per heavy atom. The lowest BCUT2D eigenvalue weighted by molar-refractivity contribution is 0.0168. The molecule has 1 fully saturated rings. The second-order valence-electron chi connectivity index (χ2n) is 8.54. The molecular formula is C17H30N2O6S. The Kier molecular flexibility index (Phi) is 6.39. The summed E-state index contributed by atoms with van der Waals surface area (Å²) in [6, 6.07) is 0. The van der Waals surface area contributed by atoms with Gasteiger partial charge in [0.1, 0.15) is 11.2 Å². The van der Waals surface area contributed by atoms with Gasteiger partial charge in [0.15, 0.2) is 0 Å². The maximum atomic E-state index is 12.4. The third kappa shape index (κ3) is 7.23. The highest BCUT2D eigenvalue weighted by Crippen LogP contribution is 2.32. The summed E-state index contributed by atoms with van der Waals surface area (Å²) in [7, 11) is -4.05. The van der Waals surface area contributed by atoms with Crippen LogP contribution in [0.25, 0.3) is 0 Å². The van der Waals surface area contributed by atoms with Crippen LogP contribution in [0.3, 0.4) is 0 Å². The molecule has 8 nitrogen and oxygen atoms in total. The van der Waals surface area contributed by atoms with E-state index in [2.05, 4.69) is 0 Å². The molecule has 0 radical (unpaired) electrons. The first-order chi connectivity index (χ1) is 11.5. The molecule has 0 spiro atoms. The molecule has 0 aromatic carbocycles. The van der Waals surface area contributed by atoms with E-state index in [1.165, 1.54) is 11.0 Å². The number of rotatable bonds is 3. The van der Waals surface area contributed by atoms with Crippen molar-refractivity contribution in [1.29, 1.82) is 0 Å². The van der Waals surface area contributed by atoms with Crippen molar-refractivity contribution >= 4 is 22.2 Å². The van der Waals surface area contributed by atoms with Crippen molar-refractivity contribution in [2.75, 3.05) is 6.54 Å². The lowest BCUT2D eigenvalue weighted by Gasteiger charge is -2.34. The van der Waals surface area contributed by atoms with E-state index in [9.17, 15) is 18.0 Å². The minimum Gasteiger partial charge on any atom is -0.444 e. The molecule has 1 saturated heterocycles. The van der Waals surface area contributed by atoms with E-state index in [0.29, 0.717) is 13.0 Å². The van der Waals surface area contributed by atoms with Crippen LogP contribution in [0.1, 0.15) is 61.3 Å². The van der Waals surface area contributed by atoms with Gasteiger partial charge in [-0.2, -0.15) is 0 Å². The van der Waals surface area contributed by atoms with Crippen molar-refractivity contribution in [1.82, 2.24) is 9.62 Å². The number of hydrogen-bond donors (Lipinski definition) is 1. The summed E-state index contributed by atoms with van der Waals surface area (Å²) >= 11 is 0. The smallest absolute Gasteiger partial charge is 0.421 e. The van der Waals surface area contributed by atoms with E-state index in [4.69, 9.17) is 9.47 Å². The van der Waals surface area contributed by atoms with Gasteiger partial charge < -0.3 is 9.47 Å². The summed E-state index contributed by atoms with van der Waals surface area (Å²) in [5.41, 5.74) is -2.27. The summed E-state index contributed by atoms with van der Waals surface area (Å²) in [4.78, 5) is 25.5. The molecule has 9 heteroatoms. The number of hydrogen-bond acceptors (Lipinski definition) is 6. The highest BCUT2D eigenvalue weighted by molar-refractivity contribution is 7.92. The third-order valence-electron chi connectivity index (χ3n) is 3.53. The van der Waals surface area contributed by atoms with Gasteiger partial charge in [-0.15, -0.1) is 0 Å². The Bertz CT molecular complexity index is 672. The minimum atomic E-state index is -4.05. The summed E-state index contributed by atoms with van der Waals surface area (Å²) in [5, 5.41) is 0.889. The predicted molar refractivity (Wildman–Crippen MR) is 98.0 cm³/mol. The number of sulfonamides is 1. The number of carbonyl (C=O) groups is 2. The zero-order chi connectivity index (χ0) is 20.4. The zero-order valence-corrected chi connectivity index (χ0v) is 17.4. The van der Waals surface area contributed by atoms with Gasteiger partial charge in [0.25, 0.3) is 10.0 Å². The van der Waals surface area contributed by atoms with Crippen molar-refractivity contribution in [3.63, 3.8) is 0 Å². The molecule has 0 bridgehead atoms. The van der Waals surface area contributed by atoms with Crippen LogP contribution in [0.2, 0.25) is 0 Å². The number of likely N-dealkylation sites (tertiary alicyclic amines) is 1. The third-order valence-corrected chi connectivity index (χ3v) is 4.47. The number of carbonyl (C=O) groups excluding carboxylic acids is 2. The van der Waals surface area contributed by atoms with E-state index in [1.54, 1.807) is 48.5 Å². The molecule has 1 atom stereocenters. The molecule has 0 aromatic heterocycles. The molecule has 150 valence electrons. The summed E-state index contributed by atoms with van der Waals surface area (Å²) in [6.45, 7) is 12.4. The molecule has 0 saturated carbocycles. The number of amides is 2. The van der Waals surface area contributed by atoms with Gasteiger partial charge in [-0.25, -0.2) is 22.7 Å². The van der Waals surface area contributed by atoms with Crippen LogP contribution in [0.15, 0.2) is 11.5 Å². The molecule has 1 rings (SSSR count). The Labute approximate surface area is 156 Å². The average Bonchev–Trinajstić information content (AvgIpc) is 2.74. The van der Waals surface area contributed by atoms with Crippen molar-refractivity contribution in [3.05, 3.63) is 11.5 Å².